The summed E-state index contributed by atoms with van der Waals surface area (Å²) in [5, 5.41) is 7.04. The van der Waals surface area contributed by atoms with Crippen molar-refractivity contribution < 1.29 is 11.0 Å². The largest absolute Gasteiger partial charge is 0.412 e. The van der Waals surface area contributed by atoms with Gasteiger partial charge >= 0.3 is 0 Å². The summed E-state index contributed by atoms with van der Waals surface area (Å²) in [5.74, 6) is 0.941. The van der Waals surface area contributed by atoms with E-state index in [9.17, 15) is 0 Å². The number of hydrogen-bond acceptors (Lipinski definition) is 3. The van der Waals surface area contributed by atoms with Crippen molar-refractivity contribution in [3.05, 3.63) is 30.7 Å². The summed E-state index contributed by atoms with van der Waals surface area (Å²) in [7, 11) is 3.95. The number of anilines is 1. The van der Waals surface area contributed by atoms with Crippen molar-refractivity contribution in [1.82, 2.24) is 15.2 Å². The molecule has 0 atom stereocenters. The van der Waals surface area contributed by atoms with E-state index in [1.54, 1.807) is 12.4 Å². The summed E-state index contributed by atoms with van der Waals surface area (Å²) >= 11 is 0. The van der Waals surface area contributed by atoms with E-state index in [2.05, 4.69) is 15.2 Å². The highest BCUT2D eigenvalue weighted by Crippen LogP contribution is 2.26. The Balaban J connectivity index is 0.00000112. The molecule has 0 radical (unpaired) electrons. The Labute approximate surface area is 93.6 Å². The summed E-state index contributed by atoms with van der Waals surface area (Å²) in [6, 6.07) is 3.94. The van der Waals surface area contributed by atoms with E-state index in [-0.39, 0.29) is 11.0 Å². The van der Waals surface area contributed by atoms with Gasteiger partial charge in [0.25, 0.3) is 0 Å². The maximum absolute atomic E-state index is 4.17. The summed E-state index contributed by atoms with van der Waals surface area (Å²) in [6.45, 7) is 0. The Morgan fingerprint density at radius 3 is 2.31 bits per heavy atom. The highest BCUT2D eigenvalue weighted by Gasteiger charge is 2.08. The van der Waals surface area contributed by atoms with Crippen LogP contribution in [0.4, 0.5) is 5.82 Å². The first kappa shape index (κ1) is 14.1. The third-order valence-corrected chi connectivity index (χ3v) is 2.04. The van der Waals surface area contributed by atoms with Crippen molar-refractivity contribution in [1.29, 1.82) is 0 Å². The zero-order valence-corrected chi connectivity index (χ0v) is 9.23. The molecule has 0 saturated carbocycles. The van der Waals surface area contributed by atoms with Crippen molar-refractivity contribution in [3.8, 4) is 11.1 Å². The van der Waals surface area contributed by atoms with E-state index < -0.39 is 0 Å². The molecule has 0 fully saturated rings. The Hall–Kier alpha value is -1.92. The minimum atomic E-state index is 0. The molecule has 0 amide bonds. The van der Waals surface area contributed by atoms with Gasteiger partial charge in [0, 0.05) is 38.2 Å². The van der Waals surface area contributed by atoms with Crippen LogP contribution in [-0.2, 0) is 0 Å². The number of nitrogens with zero attached hydrogens (tertiary/aromatic N) is 3. The van der Waals surface area contributed by atoms with Crippen LogP contribution in [-0.4, -0.2) is 40.2 Å². The fraction of sp³-hybridized carbons (Fsp3) is 0.200. The van der Waals surface area contributed by atoms with Crippen molar-refractivity contribution in [2.75, 3.05) is 19.0 Å². The molecule has 88 valence electrons. The molecule has 2 heterocycles. The van der Waals surface area contributed by atoms with Crippen LogP contribution in [0.3, 0.4) is 0 Å². The number of hydrogen-bond donors (Lipinski definition) is 1. The predicted molar refractivity (Wildman–Crippen MR) is 63.4 cm³/mol. The second-order valence-corrected chi connectivity index (χ2v) is 3.25. The minimum absolute atomic E-state index is 0. The molecule has 0 aliphatic carbocycles. The van der Waals surface area contributed by atoms with Gasteiger partial charge in [-0.25, -0.2) is 0 Å². The van der Waals surface area contributed by atoms with Gasteiger partial charge in [-0.2, -0.15) is 5.10 Å². The lowest BCUT2D eigenvalue weighted by molar-refractivity contribution is 0.823. The normalized spacial score (nSPS) is 8.88. The molecule has 0 aliphatic rings. The third-order valence-electron chi connectivity index (χ3n) is 2.04. The molecule has 0 saturated heterocycles. The third kappa shape index (κ3) is 2.56. The number of pyridine rings is 1. The highest BCUT2D eigenvalue weighted by molar-refractivity contribution is 5.74. The van der Waals surface area contributed by atoms with Gasteiger partial charge in [-0.05, 0) is 17.7 Å². The van der Waals surface area contributed by atoms with Crippen LogP contribution in [0.15, 0.2) is 30.7 Å². The topological polar surface area (TPSA) is 108 Å². The molecule has 2 aromatic heterocycles. The van der Waals surface area contributed by atoms with Crippen molar-refractivity contribution >= 4 is 5.82 Å². The molecule has 0 aliphatic heterocycles. The van der Waals surface area contributed by atoms with E-state index in [1.165, 1.54) is 0 Å². The number of rotatable bonds is 2. The second-order valence-electron chi connectivity index (χ2n) is 3.25. The quantitative estimate of drug-likeness (QED) is 0.768. The molecule has 6 heteroatoms. The summed E-state index contributed by atoms with van der Waals surface area (Å²) in [6.07, 6.45) is 5.45. The SMILES string of the molecule is CN(C)c1n[nH]cc1-c1ccncc1.O.O. The van der Waals surface area contributed by atoms with Crippen LogP contribution in [0.2, 0.25) is 0 Å². The van der Waals surface area contributed by atoms with Crippen LogP contribution in [0, 0.1) is 0 Å². The van der Waals surface area contributed by atoms with E-state index in [0.717, 1.165) is 16.9 Å². The smallest absolute Gasteiger partial charge is 0.157 e. The number of nitrogens with one attached hydrogen (secondary N) is 1. The molecule has 0 spiro atoms. The molecule has 2 rings (SSSR count). The lowest BCUT2D eigenvalue weighted by Crippen LogP contribution is -2.10. The van der Waals surface area contributed by atoms with Crippen LogP contribution in [0.5, 0.6) is 0 Å². The van der Waals surface area contributed by atoms with Gasteiger partial charge in [0.05, 0.1) is 0 Å². The highest BCUT2D eigenvalue weighted by atomic mass is 16.0. The molecule has 5 N–H and O–H groups in total. The molecular weight excluding hydrogens is 208 g/mol. The van der Waals surface area contributed by atoms with Gasteiger partial charge in [0.2, 0.25) is 0 Å². The van der Waals surface area contributed by atoms with E-state index >= 15 is 0 Å². The second kappa shape index (κ2) is 5.84. The molecule has 6 nitrogen and oxygen atoms in total. The Morgan fingerprint density at radius 1 is 1.12 bits per heavy atom. The lowest BCUT2D eigenvalue weighted by Gasteiger charge is -2.10. The standard InChI is InChI=1S/C10H12N4.2H2O/c1-14(2)10-9(7-12-13-10)8-3-5-11-6-4-8;;/h3-7H,1-2H3,(H,12,13);2*1H2. The average molecular weight is 224 g/mol. The summed E-state index contributed by atoms with van der Waals surface area (Å²) < 4.78 is 0. The monoisotopic (exact) mass is 224 g/mol. The zero-order chi connectivity index (χ0) is 9.97. The minimum Gasteiger partial charge on any atom is -0.412 e. The van der Waals surface area contributed by atoms with Gasteiger partial charge in [0.1, 0.15) is 0 Å². The summed E-state index contributed by atoms with van der Waals surface area (Å²) in [5.41, 5.74) is 2.22. The fourth-order valence-corrected chi connectivity index (χ4v) is 1.37. The Morgan fingerprint density at radius 2 is 1.75 bits per heavy atom. The van der Waals surface area contributed by atoms with E-state index in [0.29, 0.717) is 0 Å². The fourth-order valence-electron chi connectivity index (χ4n) is 1.37. The molecule has 16 heavy (non-hydrogen) atoms. The van der Waals surface area contributed by atoms with Crippen LogP contribution < -0.4 is 4.90 Å². The molecule has 0 unspecified atom stereocenters. The van der Waals surface area contributed by atoms with Crippen LogP contribution in [0.1, 0.15) is 0 Å². The van der Waals surface area contributed by atoms with Gasteiger partial charge in [0.15, 0.2) is 5.82 Å². The molecular formula is C10H16N4O2. The Kier molecular flexibility index (Phi) is 5.14. The zero-order valence-electron chi connectivity index (χ0n) is 9.23. The average Bonchev–Trinajstić information content (AvgIpc) is 2.67. The van der Waals surface area contributed by atoms with Gasteiger partial charge in [-0.15, -0.1) is 0 Å². The Bertz CT molecular complexity index is 414. The maximum Gasteiger partial charge on any atom is 0.157 e. The predicted octanol–water partition coefficient (Wildman–Crippen LogP) is -0.112. The van der Waals surface area contributed by atoms with Crippen LogP contribution in [0.25, 0.3) is 11.1 Å². The summed E-state index contributed by atoms with van der Waals surface area (Å²) in [4.78, 5) is 5.96. The first-order valence-corrected chi connectivity index (χ1v) is 4.40. The first-order valence-electron chi connectivity index (χ1n) is 4.40. The van der Waals surface area contributed by atoms with Gasteiger partial charge in [-0.3, -0.25) is 10.1 Å². The van der Waals surface area contributed by atoms with Crippen LogP contribution >= 0.6 is 0 Å². The first-order chi connectivity index (χ1) is 6.79. The number of aromatic amines is 1. The molecule has 2 aromatic rings. The maximum atomic E-state index is 4.17. The van der Waals surface area contributed by atoms with Gasteiger partial charge < -0.3 is 15.9 Å². The number of H-pyrrole nitrogens is 1. The number of aromatic nitrogens is 3. The molecule has 0 aromatic carbocycles. The molecule has 0 bridgehead atoms. The van der Waals surface area contributed by atoms with Gasteiger partial charge in [-0.1, -0.05) is 0 Å². The van der Waals surface area contributed by atoms with Crippen molar-refractivity contribution in [3.63, 3.8) is 0 Å². The lowest BCUT2D eigenvalue weighted by atomic mass is 10.1. The van der Waals surface area contributed by atoms with Crippen molar-refractivity contribution in [2.45, 2.75) is 0 Å². The van der Waals surface area contributed by atoms with Crippen molar-refractivity contribution in [2.24, 2.45) is 0 Å². The van der Waals surface area contributed by atoms with E-state index in [4.69, 9.17) is 0 Å². The van der Waals surface area contributed by atoms with E-state index in [1.807, 2.05) is 37.3 Å².